The Morgan fingerprint density at radius 3 is 1.87 bits per heavy atom. The smallest absolute Gasteiger partial charge is 0.293 e. The summed E-state index contributed by atoms with van der Waals surface area (Å²) in [6.45, 7) is 6.01. The molecule has 0 bridgehead atoms. The topological polar surface area (TPSA) is 3.24 Å². The average Bonchev–Trinajstić information content (AvgIpc) is 2.92. The highest BCUT2D eigenvalue weighted by atomic mass is 19.4. The lowest BCUT2D eigenvalue weighted by Crippen LogP contribution is -2.50. The summed E-state index contributed by atoms with van der Waals surface area (Å²) < 4.78 is 82.1. The van der Waals surface area contributed by atoms with E-state index in [1.807, 2.05) is 42.5 Å². The molecule has 39 heavy (non-hydrogen) atoms. The molecule has 1 nitrogen and oxygen atoms in total. The Hall–Kier alpha value is -2.54. The average molecular weight is 547 g/mol. The molecule has 1 aliphatic carbocycles. The molecule has 1 unspecified atom stereocenters. The van der Waals surface area contributed by atoms with E-state index in [9.17, 15) is 26.3 Å². The highest BCUT2D eigenvalue weighted by Gasteiger charge is 2.41. The SMILES string of the molecule is [CH2]C(Cc1cc(C(F)(F)F)cc(C(F)(F)F)c1)(c1cccc2ccccc12)N1CCC(C2CCCCC2)CC1. The minimum Gasteiger partial charge on any atom is -0.293 e. The van der Waals surface area contributed by atoms with E-state index in [0.29, 0.717) is 24.9 Å². The van der Waals surface area contributed by atoms with Gasteiger partial charge in [-0.15, -0.1) is 0 Å². The van der Waals surface area contributed by atoms with Crippen LogP contribution in [0, 0.1) is 18.8 Å². The fourth-order valence-electron chi connectivity index (χ4n) is 6.87. The number of halogens is 6. The normalized spacial score (nSPS) is 20.3. The third kappa shape index (κ3) is 5.98. The number of piperidine rings is 1. The molecule has 0 N–H and O–H groups in total. The van der Waals surface area contributed by atoms with Crippen LogP contribution < -0.4 is 0 Å². The summed E-state index contributed by atoms with van der Waals surface area (Å²) in [7, 11) is 0. The van der Waals surface area contributed by atoms with E-state index >= 15 is 0 Å². The van der Waals surface area contributed by atoms with Gasteiger partial charge in [0.15, 0.2) is 0 Å². The van der Waals surface area contributed by atoms with E-state index in [1.165, 1.54) is 32.1 Å². The molecule has 1 radical (unpaired) electrons. The molecular formula is C32H34F6N. The first-order valence-electron chi connectivity index (χ1n) is 13.8. The maximum absolute atomic E-state index is 13.7. The van der Waals surface area contributed by atoms with Gasteiger partial charge in [-0.2, -0.15) is 26.3 Å². The van der Waals surface area contributed by atoms with Gasteiger partial charge in [-0.1, -0.05) is 74.6 Å². The van der Waals surface area contributed by atoms with Crippen molar-refractivity contribution in [2.45, 2.75) is 69.3 Å². The molecular weight excluding hydrogens is 512 g/mol. The number of rotatable bonds is 5. The van der Waals surface area contributed by atoms with Crippen molar-refractivity contribution >= 4 is 10.8 Å². The van der Waals surface area contributed by atoms with E-state index in [0.717, 1.165) is 41.3 Å². The molecule has 209 valence electrons. The van der Waals surface area contributed by atoms with Crippen molar-refractivity contribution in [2.75, 3.05) is 13.1 Å². The first-order chi connectivity index (χ1) is 18.4. The molecule has 2 aliphatic rings. The maximum Gasteiger partial charge on any atom is 0.416 e. The number of fused-ring (bicyclic) bond motifs is 1. The first-order valence-corrected chi connectivity index (χ1v) is 13.8. The fraction of sp³-hybridized carbons (Fsp3) is 0.469. The van der Waals surface area contributed by atoms with Gasteiger partial charge in [0, 0.05) is 0 Å². The molecule has 0 aromatic heterocycles. The van der Waals surface area contributed by atoms with Gasteiger partial charge in [-0.3, -0.25) is 4.90 Å². The number of alkyl halides is 6. The highest BCUT2D eigenvalue weighted by Crippen LogP contribution is 2.43. The second-order valence-corrected chi connectivity index (χ2v) is 11.4. The van der Waals surface area contributed by atoms with Crippen LogP contribution in [0.15, 0.2) is 60.7 Å². The van der Waals surface area contributed by atoms with Crippen LogP contribution in [-0.2, 0) is 24.3 Å². The molecule has 0 amide bonds. The fourth-order valence-corrected chi connectivity index (χ4v) is 6.87. The van der Waals surface area contributed by atoms with Crippen LogP contribution in [0.3, 0.4) is 0 Å². The van der Waals surface area contributed by atoms with Crippen LogP contribution in [-0.4, -0.2) is 18.0 Å². The zero-order valence-electron chi connectivity index (χ0n) is 21.9. The zero-order valence-corrected chi connectivity index (χ0v) is 21.9. The van der Waals surface area contributed by atoms with Crippen LogP contribution >= 0.6 is 0 Å². The van der Waals surface area contributed by atoms with E-state index in [-0.39, 0.29) is 18.1 Å². The minimum atomic E-state index is -4.89. The van der Waals surface area contributed by atoms with Crippen molar-refractivity contribution in [2.24, 2.45) is 11.8 Å². The van der Waals surface area contributed by atoms with Crippen molar-refractivity contribution in [3.05, 3.63) is 89.8 Å². The number of hydrogen-bond donors (Lipinski definition) is 0. The van der Waals surface area contributed by atoms with Crippen molar-refractivity contribution < 1.29 is 26.3 Å². The zero-order chi connectivity index (χ0) is 27.8. The Morgan fingerprint density at radius 1 is 0.692 bits per heavy atom. The first kappa shape index (κ1) is 28.0. The molecule has 2 fully saturated rings. The highest BCUT2D eigenvalue weighted by molar-refractivity contribution is 5.86. The van der Waals surface area contributed by atoms with Crippen LogP contribution in [0.25, 0.3) is 10.8 Å². The van der Waals surface area contributed by atoms with Gasteiger partial charge in [-0.05, 0) is 91.2 Å². The van der Waals surface area contributed by atoms with E-state index in [4.69, 9.17) is 0 Å². The van der Waals surface area contributed by atoms with Crippen LogP contribution in [0.4, 0.5) is 26.3 Å². The van der Waals surface area contributed by atoms with Gasteiger partial charge in [0.05, 0.1) is 16.7 Å². The van der Waals surface area contributed by atoms with Crippen LogP contribution in [0.5, 0.6) is 0 Å². The third-order valence-electron chi connectivity index (χ3n) is 8.90. The second-order valence-electron chi connectivity index (χ2n) is 11.4. The Balaban J connectivity index is 1.55. The van der Waals surface area contributed by atoms with Gasteiger partial charge in [0.1, 0.15) is 0 Å². The maximum atomic E-state index is 13.7. The molecule has 1 saturated carbocycles. The standard InChI is InChI=1S/C32H34F6N/c1-30(29-13-7-11-25-10-5-6-12-28(25)29,39-16-14-24(15-17-39)23-8-3-2-4-9-23)21-22-18-26(31(33,34)35)20-27(19-22)32(36,37)38/h5-7,10-13,18-20,23-24H,1-4,8-9,14-17,21H2. The molecule has 3 aromatic carbocycles. The Bertz CT molecular complexity index is 1240. The number of benzene rings is 3. The van der Waals surface area contributed by atoms with Gasteiger partial charge in [-0.25, -0.2) is 0 Å². The summed E-state index contributed by atoms with van der Waals surface area (Å²) in [6.07, 6.45) is -1.63. The molecule has 1 aliphatic heterocycles. The molecule has 0 spiro atoms. The lowest BCUT2D eigenvalue weighted by atomic mass is 9.74. The lowest BCUT2D eigenvalue weighted by molar-refractivity contribution is -0.143. The Labute approximate surface area is 226 Å². The quantitative estimate of drug-likeness (QED) is 0.288. The molecule has 1 atom stereocenters. The van der Waals surface area contributed by atoms with Crippen molar-refractivity contribution in [3.8, 4) is 0 Å². The molecule has 3 aromatic rings. The molecule has 5 rings (SSSR count). The van der Waals surface area contributed by atoms with E-state index < -0.39 is 29.0 Å². The molecule has 1 saturated heterocycles. The molecule has 7 heteroatoms. The summed E-state index contributed by atoms with van der Waals surface area (Å²) in [5.74, 6) is 1.30. The van der Waals surface area contributed by atoms with E-state index in [1.54, 1.807) is 0 Å². The van der Waals surface area contributed by atoms with Crippen molar-refractivity contribution in [1.82, 2.24) is 4.90 Å². The Kier molecular flexibility index (Phi) is 7.75. The number of likely N-dealkylation sites (tertiary alicyclic amines) is 1. The third-order valence-corrected chi connectivity index (χ3v) is 8.90. The largest absolute Gasteiger partial charge is 0.416 e. The number of nitrogens with zero attached hydrogens (tertiary/aromatic N) is 1. The number of hydrogen-bond acceptors (Lipinski definition) is 1. The predicted octanol–water partition coefficient (Wildman–Crippen LogP) is 9.44. The summed E-state index contributed by atoms with van der Waals surface area (Å²) in [4.78, 5) is 2.20. The van der Waals surface area contributed by atoms with Gasteiger partial charge in [0.25, 0.3) is 0 Å². The minimum absolute atomic E-state index is 0.0190. The van der Waals surface area contributed by atoms with Gasteiger partial charge < -0.3 is 0 Å². The van der Waals surface area contributed by atoms with Crippen molar-refractivity contribution in [3.63, 3.8) is 0 Å². The summed E-state index contributed by atoms with van der Waals surface area (Å²) in [5, 5.41) is 1.87. The van der Waals surface area contributed by atoms with Crippen molar-refractivity contribution in [1.29, 1.82) is 0 Å². The monoisotopic (exact) mass is 546 g/mol. The Morgan fingerprint density at radius 2 is 1.26 bits per heavy atom. The summed E-state index contributed by atoms with van der Waals surface area (Å²) >= 11 is 0. The predicted molar refractivity (Wildman–Crippen MR) is 142 cm³/mol. The van der Waals surface area contributed by atoms with Gasteiger partial charge >= 0.3 is 12.4 Å². The summed E-state index contributed by atoms with van der Waals surface area (Å²) in [6, 6.07) is 15.4. The van der Waals surface area contributed by atoms with Crippen LogP contribution in [0.1, 0.15) is 67.2 Å². The lowest BCUT2D eigenvalue weighted by Gasteiger charge is -2.47. The van der Waals surface area contributed by atoms with Gasteiger partial charge in [0.2, 0.25) is 0 Å². The van der Waals surface area contributed by atoms with Crippen LogP contribution in [0.2, 0.25) is 0 Å². The molecule has 1 heterocycles. The second kappa shape index (κ2) is 10.8. The van der Waals surface area contributed by atoms with E-state index in [2.05, 4.69) is 11.8 Å². The summed E-state index contributed by atoms with van der Waals surface area (Å²) in [5.41, 5.74) is -2.81.